The van der Waals surface area contributed by atoms with Crippen molar-refractivity contribution in [2.75, 3.05) is 19.6 Å². The van der Waals surface area contributed by atoms with E-state index in [1.165, 1.54) is 19.3 Å². The summed E-state index contributed by atoms with van der Waals surface area (Å²) in [5, 5.41) is 11.3. The zero-order valence-corrected chi connectivity index (χ0v) is 14.9. The highest BCUT2D eigenvalue weighted by molar-refractivity contribution is 5.78. The quantitative estimate of drug-likeness (QED) is 0.881. The molecule has 1 fully saturated rings. The van der Waals surface area contributed by atoms with Gasteiger partial charge in [0, 0.05) is 12.1 Å². The van der Waals surface area contributed by atoms with Crippen molar-refractivity contribution >= 4 is 16.8 Å². The number of nitrogens with zero attached hydrogens (tertiary/aromatic N) is 4. The van der Waals surface area contributed by atoms with Crippen LogP contribution in [0.4, 0.5) is 0 Å². The number of rotatable bonds is 5. The Morgan fingerprint density at radius 1 is 1.20 bits per heavy atom. The molecule has 1 aliphatic rings. The van der Waals surface area contributed by atoms with E-state index >= 15 is 0 Å². The Morgan fingerprint density at radius 2 is 1.92 bits per heavy atom. The number of amides is 1. The summed E-state index contributed by atoms with van der Waals surface area (Å²) in [6.45, 7) is 6.84. The van der Waals surface area contributed by atoms with Gasteiger partial charge < -0.3 is 5.32 Å². The molecule has 134 valence electrons. The number of aromatic nitrogens is 3. The lowest BCUT2D eigenvalue weighted by molar-refractivity contribution is -0.122. The first-order chi connectivity index (χ1) is 12.0. The van der Waals surface area contributed by atoms with E-state index in [0.717, 1.165) is 17.8 Å². The van der Waals surface area contributed by atoms with Crippen LogP contribution >= 0.6 is 0 Å². The van der Waals surface area contributed by atoms with E-state index in [9.17, 15) is 9.59 Å². The van der Waals surface area contributed by atoms with Crippen molar-refractivity contribution in [1.29, 1.82) is 0 Å². The minimum atomic E-state index is -0.295. The van der Waals surface area contributed by atoms with Crippen molar-refractivity contribution in [3.63, 3.8) is 0 Å². The Labute approximate surface area is 147 Å². The molecule has 0 saturated carbocycles. The van der Waals surface area contributed by atoms with Crippen molar-refractivity contribution in [2.45, 2.75) is 45.2 Å². The zero-order chi connectivity index (χ0) is 17.9. The molecule has 25 heavy (non-hydrogen) atoms. The largest absolute Gasteiger partial charge is 0.353 e. The van der Waals surface area contributed by atoms with Gasteiger partial charge in [0.15, 0.2) is 0 Å². The molecular formula is C18H25N5O2. The Bertz CT molecular complexity index is 808. The number of likely N-dealkylation sites (tertiary alicyclic amines) is 1. The number of fused-ring (bicyclic) bond motifs is 1. The lowest BCUT2D eigenvalue weighted by Gasteiger charge is -2.41. The van der Waals surface area contributed by atoms with E-state index in [0.29, 0.717) is 17.4 Å². The molecule has 1 aliphatic heterocycles. The van der Waals surface area contributed by atoms with Crippen molar-refractivity contribution in [3.8, 4) is 0 Å². The molecule has 1 aromatic carbocycles. The summed E-state index contributed by atoms with van der Waals surface area (Å²) in [4.78, 5) is 27.1. The van der Waals surface area contributed by atoms with Crippen molar-refractivity contribution in [1.82, 2.24) is 25.2 Å². The van der Waals surface area contributed by atoms with Crippen LogP contribution in [0.3, 0.4) is 0 Å². The SMILES string of the molecule is CC(C)(CNC(=O)Cn1nnc2ccccc2c1=O)N1CCCCC1. The van der Waals surface area contributed by atoms with Crippen LogP contribution in [0.25, 0.3) is 10.9 Å². The lowest BCUT2D eigenvalue weighted by Crippen LogP contribution is -2.53. The Morgan fingerprint density at radius 3 is 2.68 bits per heavy atom. The molecule has 0 unspecified atom stereocenters. The fourth-order valence-electron chi connectivity index (χ4n) is 3.24. The fraction of sp³-hybridized carbons (Fsp3) is 0.556. The Kier molecular flexibility index (Phi) is 5.13. The number of hydrogen-bond donors (Lipinski definition) is 1. The maximum atomic E-state index is 12.4. The Hall–Kier alpha value is -2.28. The van der Waals surface area contributed by atoms with Gasteiger partial charge in [-0.15, -0.1) is 5.10 Å². The van der Waals surface area contributed by atoms with Gasteiger partial charge in [0.1, 0.15) is 12.1 Å². The normalized spacial score (nSPS) is 16.1. The topological polar surface area (TPSA) is 80.1 Å². The molecular weight excluding hydrogens is 318 g/mol. The number of carbonyl (C=O) groups excluding carboxylic acids is 1. The van der Waals surface area contributed by atoms with Gasteiger partial charge in [-0.25, -0.2) is 4.68 Å². The maximum Gasteiger partial charge on any atom is 0.278 e. The minimum absolute atomic E-state index is 0.101. The standard InChI is InChI=1S/C18H25N5O2/c1-18(2,22-10-6-3-7-11-22)13-19-16(24)12-23-17(25)14-8-4-5-9-15(14)20-21-23/h4-5,8-9H,3,6-7,10-13H2,1-2H3,(H,19,24). The summed E-state index contributed by atoms with van der Waals surface area (Å²) in [6, 6.07) is 7.00. The van der Waals surface area contributed by atoms with E-state index in [1.54, 1.807) is 24.3 Å². The van der Waals surface area contributed by atoms with Gasteiger partial charge in [0.25, 0.3) is 5.56 Å². The van der Waals surface area contributed by atoms with E-state index in [2.05, 4.69) is 34.4 Å². The number of hydrogen-bond acceptors (Lipinski definition) is 5. The molecule has 0 atom stereocenters. The maximum absolute atomic E-state index is 12.4. The van der Waals surface area contributed by atoms with Crippen LogP contribution in [0.1, 0.15) is 33.1 Å². The molecule has 0 bridgehead atoms. The predicted octanol–water partition coefficient (Wildman–Crippen LogP) is 1.17. The van der Waals surface area contributed by atoms with Gasteiger partial charge in [-0.2, -0.15) is 0 Å². The molecule has 0 radical (unpaired) electrons. The molecule has 1 amide bonds. The first kappa shape index (κ1) is 17.5. The minimum Gasteiger partial charge on any atom is -0.353 e. The Balaban J connectivity index is 1.63. The van der Waals surface area contributed by atoms with E-state index in [1.807, 2.05) is 0 Å². The molecule has 0 aliphatic carbocycles. The molecule has 7 nitrogen and oxygen atoms in total. The van der Waals surface area contributed by atoms with Gasteiger partial charge in [-0.3, -0.25) is 14.5 Å². The van der Waals surface area contributed by atoms with Crippen LogP contribution in [-0.4, -0.2) is 51.0 Å². The van der Waals surface area contributed by atoms with E-state index in [-0.39, 0.29) is 23.6 Å². The summed E-state index contributed by atoms with van der Waals surface area (Å²) in [6.07, 6.45) is 3.70. The van der Waals surface area contributed by atoms with Crippen molar-refractivity contribution in [2.24, 2.45) is 0 Å². The van der Waals surface area contributed by atoms with Gasteiger partial charge in [0.05, 0.1) is 5.39 Å². The van der Waals surface area contributed by atoms with E-state index in [4.69, 9.17) is 0 Å². The monoisotopic (exact) mass is 343 g/mol. The van der Waals surface area contributed by atoms with Gasteiger partial charge in [-0.1, -0.05) is 23.8 Å². The molecule has 1 aromatic heterocycles. The van der Waals surface area contributed by atoms with Gasteiger partial charge in [0.2, 0.25) is 5.91 Å². The van der Waals surface area contributed by atoms with Crippen molar-refractivity contribution in [3.05, 3.63) is 34.6 Å². The predicted molar refractivity (Wildman–Crippen MR) is 96.3 cm³/mol. The summed E-state index contributed by atoms with van der Waals surface area (Å²) in [7, 11) is 0. The summed E-state index contributed by atoms with van der Waals surface area (Å²) < 4.78 is 1.12. The fourth-order valence-corrected chi connectivity index (χ4v) is 3.24. The third-order valence-electron chi connectivity index (χ3n) is 4.85. The molecule has 7 heteroatoms. The number of nitrogens with one attached hydrogen (secondary N) is 1. The molecule has 1 N–H and O–H groups in total. The highest BCUT2D eigenvalue weighted by Crippen LogP contribution is 2.19. The average molecular weight is 343 g/mol. The smallest absolute Gasteiger partial charge is 0.278 e. The average Bonchev–Trinajstić information content (AvgIpc) is 2.63. The van der Waals surface area contributed by atoms with Crippen LogP contribution in [0.15, 0.2) is 29.1 Å². The number of piperidine rings is 1. The van der Waals surface area contributed by atoms with Crippen molar-refractivity contribution < 1.29 is 4.79 Å². The summed E-state index contributed by atoms with van der Waals surface area (Å²) in [5.74, 6) is -0.225. The molecule has 1 saturated heterocycles. The van der Waals surface area contributed by atoms with E-state index < -0.39 is 0 Å². The summed E-state index contributed by atoms with van der Waals surface area (Å²) >= 11 is 0. The molecule has 3 rings (SSSR count). The van der Waals surface area contributed by atoms with Crippen LogP contribution in [0, 0.1) is 0 Å². The molecule has 2 heterocycles. The zero-order valence-electron chi connectivity index (χ0n) is 14.9. The van der Waals surface area contributed by atoms with Gasteiger partial charge >= 0.3 is 0 Å². The van der Waals surface area contributed by atoms with Gasteiger partial charge in [-0.05, 0) is 51.9 Å². The van der Waals surface area contributed by atoms with Crippen LogP contribution in [0.2, 0.25) is 0 Å². The second-order valence-electron chi connectivity index (χ2n) is 7.21. The highest BCUT2D eigenvalue weighted by Gasteiger charge is 2.28. The number of carbonyl (C=O) groups is 1. The molecule has 0 spiro atoms. The first-order valence-electron chi connectivity index (χ1n) is 8.82. The third-order valence-corrected chi connectivity index (χ3v) is 4.85. The molecule has 2 aromatic rings. The highest BCUT2D eigenvalue weighted by atomic mass is 16.2. The van der Waals surface area contributed by atoms with Crippen LogP contribution in [0.5, 0.6) is 0 Å². The van der Waals surface area contributed by atoms with Crippen LogP contribution in [-0.2, 0) is 11.3 Å². The first-order valence-corrected chi connectivity index (χ1v) is 8.82. The lowest BCUT2D eigenvalue weighted by atomic mass is 9.98. The second-order valence-corrected chi connectivity index (χ2v) is 7.21. The summed E-state index contributed by atoms with van der Waals surface area (Å²) in [5.41, 5.74) is 0.141. The third kappa shape index (κ3) is 4.04. The number of benzene rings is 1. The van der Waals surface area contributed by atoms with Crippen LogP contribution < -0.4 is 10.9 Å². The second kappa shape index (κ2) is 7.31.